The molecule has 2 fully saturated rings. The number of amides is 1. The molecule has 1 heterocycles. The smallest absolute Gasteiger partial charge is 0.223 e. The van der Waals surface area contributed by atoms with E-state index in [0.29, 0.717) is 12.3 Å². The molecule has 1 saturated carbocycles. The Morgan fingerprint density at radius 1 is 1.32 bits per heavy atom. The van der Waals surface area contributed by atoms with E-state index < -0.39 is 0 Å². The first-order valence-electron chi connectivity index (χ1n) is 7.98. The SMILES string of the molecule is CC(O)CC1CCCN1C(=O)CC1(C)CCCCC1. The summed E-state index contributed by atoms with van der Waals surface area (Å²) in [4.78, 5) is 14.6. The molecule has 19 heavy (non-hydrogen) atoms. The standard InChI is InChI=1S/C16H29NO2/c1-13(18)11-14-7-6-10-17(14)15(19)12-16(2)8-4-3-5-9-16/h13-14,18H,3-12H2,1-2H3. The van der Waals surface area contributed by atoms with E-state index in [2.05, 4.69) is 6.92 Å². The van der Waals surface area contributed by atoms with Gasteiger partial charge in [-0.1, -0.05) is 26.2 Å². The molecule has 0 aromatic rings. The van der Waals surface area contributed by atoms with Crippen LogP contribution in [-0.2, 0) is 4.79 Å². The first-order chi connectivity index (χ1) is 9.00. The Bertz CT molecular complexity index is 308. The Balaban J connectivity index is 1.91. The van der Waals surface area contributed by atoms with Crippen molar-refractivity contribution in [2.75, 3.05) is 6.54 Å². The van der Waals surface area contributed by atoms with E-state index in [9.17, 15) is 9.90 Å². The average molecular weight is 267 g/mol. The van der Waals surface area contributed by atoms with E-state index in [1.165, 1.54) is 32.1 Å². The maximum absolute atomic E-state index is 12.6. The van der Waals surface area contributed by atoms with Gasteiger partial charge in [0, 0.05) is 19.0 Å². The van der Waals surface area contributed by atoms with Crippen molar-refractivity contribution in [2.45, 2.75) is 83.8 Å². The van der Waals surface area contributed by atoms with E-state index in [-0.39, 0.29) is 17.6 Å². The van der Waals surface area contributed by atoms with Crippen LogP contribution in [-0.4, -0.2) is 34.6 Å². The number of likely N-dealkylation sites (tertiary alicyclic amines) is 1. The minimum absolute atomic E-state index is 0.229. The minimum Gasteiger partial charge on any atom is -0.393 e. The molecule has 1 saturated heterocycles. The summed E-state index contributed by atoms with van der Waals surface area (Å²) in [7, 11) is 0. The molecule has 0 aromatic carbocycles. The van der Waals surface area contributed by atoms with Crippen LogP contribution in [0.15, 0.2) is 0 Å². The molecule has 3 nitrogen and oxygen atoms in total. The molecule has 3 heteroatoms. The largest absolute Gasteiger partial charge is 0.393 e. The Morgan fingerprint density at radius 3 is 2.63 bits per heavy atom. The van der Waals surface area contributed by atoms with Crippen LogP contribution in [0.2, 0.25) is 0 Å². The summed E-state index contributed by atoms with van der Waals surface area (Å²) in [6.07, 6.45) is 9.60. The van der Waals surface area contributed by atoms with Gasteiger partial charge in [0.05, 0.1) is 6.10 Å². The summed E-state index contributed by atoms with van der Waals surface area (Å²) in [6, 6.07) is 0.277. The van der Waals surface area contributed by atoms with Gasteiger partial charge in [-0.2, -0.15) is 0 Å². The molecule has 0 bridgehead atoms. The first kappa shape index (κ1) is 14.8. The van der Waals surface area contributed by atoms with Gasteiger partial charge in [-0.3, -0.25) is 4.79 Å². The van der Waals surface area contributed by atoms with Gasteiger partial charge in [0.15, 0.2) is 0 Å². The zero-order chi connectivity index (χ0) is 13.9. The first-order valence-corrected chi connectivity index (χ1v) is 7.98. The van der Waals surface area contributed by atoms with Gasteiger partial charge in [0.2, 0.25) is 5.91 Å². The predicted molar refractivity (Wildman–Crippen MR) is 76.8 cm³/mol. The number of aliphatic hydroxyl groups excluding tert-OH is 1. The van der Waals surface area contributed by atoms with Gasteiger partial charge >= 0.3 is 0 Å². The highest BCUT2D eigenvalue weighted by Gasteiger charge is 2.35. The van der Waals surface area contributed by atoms with Crippen molar-refractivity contribution in [3.05, 3.63) is 0 Å². The van der Waals surface area contributed by atoms with Crippen LogP contribution >= 0.6 is 0 Å². The molecule has 2 aliphatic rings. The van der Waals surface area contributed by atoms with Gasteiger partial charge in [0.1, 0.15) is 0 Å². The lowest BCUT2D eigenvalue weighted by Gasteiger charge is -2.35. The highest BCUT2D eigenvalue weighted by atomic mass is 16.3. The van der Waals surface area contributed by atoms with Crippen molar-refractivity contribution in [3.63, 3.8) is 0 Å². The maximum atomic E-state index is 12.6. The second-order valence-electron chi connectivity index (χ2n) is 7.02. The molecule has 1 amide bonds. The van der Waals surface area contributed by atoms with Crippen LogP contribution < -0.4 is 0 Å². The highest BCUT2D eigenvalue weighted by Crippen LogP contribution is 2.39. The fourth-order valence-electron chi connectivity index (χ4n) is 3.85. The summed E-state index contributed by atoms with van der Waals surface area (Å²) in [6.45, 7) is 5.00. The second-order valence-corrected chi connectivity index (χ2v) is 7.02. The lowest BCUT2D eigenvalue weighted by molar-refractivity contribution is -0.135. The number of hydrogen-bond acceptors (Lipinski definition) is 2. The molecule has 1 N–H and O–H groups in total. The summed E-state index contributed by atoms with van der Waals surface area (Å²) in [5.74, 6) is 0.326. The minimum atomic E-state index is -0.302. The van der Waals surface area contributed by atoms with Crippen molar-refractivity contribution in [3.8, 4) is 0 Å². The van der Waals surface area contributed by atoms with Crippen molar-refractivity contribution in [1.29, 1.82) is 0 Å². The topological polar surface area (TPSA) is 40.5 Å². The number of hydrogen-bond donors (Lipinski definition) is 1. The predicted octanol–water partition coefficient (Wildman–Crippen LogP) is 3.11. The maximum Gasteiger partial charge on any atom is 0.223 e. The molecule has 0 aromatic heterocycles. The molecule has 2 rings (SSSR count). The molecule has 2 unspecified atom stereocenters. The number of carbonyl (C=O) groups is 1. The van der Waals surface area contributed by atoms with Crippen molar-refractivity contribution in [2.24, 2.45) is 5.41 Å². The van der Waals surface area contributed by atoms with Crippen LogP contribution in [0.4, 0.5) is 0 Å². The van der Waals surface area contributed by atoms with Gasteiger partial charge in [0.25, 0.3) is 0 Å². The normalized spacial score (nSPS) is 28.4. The summed E-state index contributed by atoms with van der Waals surface area (Å²) < 4.78 is 0. The van der Waals surface area contributed by atoms with E-state index in [0.717, 1.165) is 25.8 Å². The monoisotopic (exact) mass is 267 g/mol. The van der Waals surface area contributed by atoms with E-state index >= 15 is 0 Å². The molecule has 0 spiro atoms. The lowest BCUT2D eigenvalue weighted by atomic mass is 9.73. The van der Waals surface area contributed by atoms with E-state index in [1.54, 1.807) is 0 Å². The summed E-state index contributed by atoms with van der Waals surface area (Å²) in [5.41, 5.74) is 0.229. The third-order valence-electron chi connectivity index (χ3n) is 4.95. The van der Waals surface area contributed by atoms with Crippen molar-refractivity contribution >= 4 is 5.91 Å². The number of aliphatic hydroxyl groups is 1. The third kappa shape index (κ3) is 3.95. The summed E-state index contributed by atoms with van der Waals surface area (Å²) in [5, 5.41) is 9.55. The molecular formula is C16H29NO2. The quantitative estimate of drug-likeness (QED) is 0.850. The fourth-order valence-corrected chi connectivity index (χ4v) is 3.85. The number of rotatable bonds is 4. The number of nitrogens with zero attached hydrogens (tertiary/aromatic N) is 1. The average Bonchev–Trinajstić information content (AvgIpc) is 2.76. The van der Waals surface area contributed by atoms with Crippen LogP contribution in [0.5, 0.6) is 0 Å². The van der Waals surface area contributed by atoms with Crippen LogP contribution in [0.1, 0.15) is 71.6 Å². The van der Waals surface area contributed by atoms with Gasteiger partial charge in [-0.25, -0.2) is 0 Å². The molecule has 1 aliphatic carbocycles. The zero-order valence-electron chi connectivity index (χ0n) is 12.5. The fraction of sp³-hybridized carbons (Fsp3) is 0.938. The lowest BCUT2D eigenvalue weighted by Crippen LogP contribution is -2.40. The van der Waals surface area contributed by atoms with Gasteiger partial charge in [-0.05, 0) is 44.4 Å². The van der Waals surface area contributed by atoms with Crippen molar-refractivity contribution in [1.82, 2.24) is 4.90 Å². The third-order valence-corrected chi connectivity index (χ3v) is 4.95. The van der Waals surface area contributed by atoms with Crippen LogP contribution in [0.3, 0.4) is 0 Å². The Hall–Kier alpha value is -0.570. The zero-order valence-corrected chi connectivity index (χ0v) is 12.5. The molecule has 1 aliphatic heterocycles. The molecule has 2 atom stereocenters. The molecular weight excluding hydrogens is 238 g/mol. The summed E-state index contributed by atoms with van der Waals surface area (Å²) >= 11 is 0. The Kier molecular flexibility index (Phi) is 4.88. The second kappa shape index (κ2) is 6.25. The number of carbonyl (C=O) groups excluding carboxylic acids is 1. The van der Waals surface area contributed by atoms with Gasteiger partial charge < -0.3 is 10.0 Å². The van der Waals surface area contributed by atoms with Crippen molar-refractivity contribution < 1.29 is 9.90 Å². The van der Waals surface area contributed by atoms with Crippen LogP contribution in [0.25, 0.3) is 0 Å². The van der Waals surface area contributed by atoms with E-state index in [4.69, 9.17) is 0 Å². The Labute approximate surface area is 117 Å². The molecule has 0 radical (unpaired) electrons. The Morgan fingerprint density at radius 2 is 2.00 bits per heavy atom. The highest BCUT2D eigenvalue weighted by molar-refractivity contribution is 5.77. The van der Waals surface area contributed by atoms with Crippen LogP contribution in [0, 0.1) is 5.41 Å². The van der Waals surface area contributed by atoms with E-state index in [1.807, 2.05) is 11.8 Å². The van der Waals surface area contributed by atoms with Gasteiger partial charge in [-0.15, -0.1) is 0 Å². The molecule has 110 valence electrons.